The highest BCUT2D eigenvalue weighted by molar-refractivity contribution is 5.26. The van der Waals surface area contributed by atoms with E-state index in [1.165, 1.54) is 0 Å². The third-order valence-electron chi connectivity index (χ3n) is 5.42. The van der Waals surface area contributed by atoms with Crippen molar-refractivity contribution < 1.29 is 37.9 Å². The Morgan fingerprint density at radius 2 is 1.79 bits per heavy atom. The van der Waals surface area contributed by atoms with Gasteiger partial charge < -0.3 is 37.9 Å². The maximum Gasteiger partial charge on any atom is 0.305 e. The van der Waals surface area contributed by atoms with E-state index in [-0.39, 0.29) is 24.4 Å². The Kier molecular flexibility index (Phi) is 6.21. The van der Waals surface area contributed by atoms with E-state index in [0.29, 0.717) is 13.2 Å². The summed E-state index contributed by atoms with van der Waals surface area (Å²) in [4.78, 5) is 0. The molecule has 0 N–H and O–H groups in total. The van der Waals surface area contributed by atoms with Crippen molar-refractivity contribution >= 4 is 0 Å². The molecule has 1 aromatic rings. The summed E-state index contributed by atoms with van der Waals surface area (Å²) in [6.07, 6.45) is 1.61. The van der Waals surface area contributed by atoms with Crippen LogP contribution in [0.3, 0.4) is 0 Å². The van der Waals surface area contributed by atoms with Crippen LogP contribution in [0, 0.1) is 0 Å². The lowest BCUT2D eigenvalue weighted by molar-refractivity contribution is -0.323. The van der Waals surface area contributed by atoms with E-state index >= 15 is 0 Å². The Morgan fingerprint density at radius 3 is 2.41 bits per heavy atom. The summed E-state index contributed by atoms with van der Waals surface area (Å²) >= 11 is 0. The third kappa shape index (κ3) is 4.20. The molecule has 0 amide bonds. The van der Waals surface area contributed by atoms with Gasteiger partial charge in [-0.25, -0.2) is 0 Å². The molecular formula is C21H28O8. The SMILES string of the molecule is COc1ccc(CO[C@H]2C=C[C@@]3(OC2)O[C@@H]2[C@@H](OC)[C@@H](OC)O[C@H](C)[C@H]2O3)cc1. The van der Waals surface area contributed by atoms with Crippen LogP contribution in [0.25, 0.3) is 0 Å². The molecule has 29 heavy (non-hydrogen) atoms. The fourth-order valence-corrected chi connectivity index (χ4v) is 3.82. The number of methoxy groups -OCH3 is 3. The zero-order chi connectivity index (χ0) is 20.4. The number of ether oxygens (including phenoxy) is 8. The first-order chi connectivity index (χ1) is 14.1. The van der Waals surface area contributed by atoms with E-state index in [1.54, 1.807) is 27.4 Å². The molecule has 0 bridgehead atoms. The lowest BCUT2D eigenvalue weighted by Gasteiger charge is -2.39. The fourth-order valence-electron chi connectivity index (χ4n) is 3.82. The maximum absolute atomic E-state index is 6.15. The second kappa shape index (κ2) is 8.69. The average molecular weight is 408 g/mol. The molecule has 0 unspecified atom stereocenters. The number of rotatable bonds is 6. The number of benzene rings is 1. The second-order valence-electron chi connectivity index (χ2n) is 7.28. The van der Waals surface area contributed by atoms with Crippen LogP contribution in [-0.2, 0) is 39.8 Å². The van der Waals surface area contributed by atoms with Crippen molar-refractivity contribution in [3.05, 3.63) is 42.0 Å². The van der Waals surface area contributed by atoms with Crippen LogP contribution in [-0.4, -0.2) is 70.7 Å². The predicted molar refractivity (Wildman–Crippen MR) is 101 cm³/mol. The first-order valence-electron chi connectivity index (χ1n) is 9.72. The Labute approximate surface area is 170 Å². The Morgan fingerprint density at radius 1 is 1.03 bits per heavy atom. The molecule has 0 radical (unpaired) electrons. The van der Waals surface area contributed by atoms with Gasteiger partial charge in [-0.3, -0.25) is 0 Å². The largest absolute Gasteiger partial charge is 0.497 e. The highest BCUT2D eigenvalue weighted by Crippen LogP contribution is 2.41. The van der Waals surface area contributed by atoms with Crippen molar-refractivity contribution in [2.75, 3.05) is 27.9 Å². The van der Waals surface area contributed by atoms with Gasteiger partial charge in [-0.1, -0.05) is 12.1 Å². The third-order valence-corrected chi connectivity index (χ3v) is 5.42. The van der Waals surface area contributed by atoms with E-state index in [1.807, 2.05) is 37.3 Å². The molecule has 0 aliphatic carbocycles. The Hall–Kier alpha value is -1.52. The fraction of sp³-hybridized carbons (Fsp3) is 0.619. The van der Waals surface area contributed by atoms with Gasteiger partial charge >= 0.3 is 5.97 Å². The van der Waals surface area contributed by atoms with Crippen molar-refractivity contribution in [2.45, 2.75) is 56.3 Å². The maximum atomic E-state index is 6.15. The van der Waals surface area contributed by atoms with Crippen LogP contribution >= 0.6 is 0 Å². The summed E-state index contributed by atoms with van der Waals surface area (Å²) in [5.41, 5.74) is 1.05. The van der Waals surface area contributed by atoms with Gasteiger partial charge in [-0.05, 0) is 30.7 Å². The smallest absolute Gasteiger partial charge is 0.305 e. The van der Waals surface area contributed by atoms with Crippen LogP contribution in [0.15, 0.2) is 36.4 Å². The van der Waals surface area contributed by atoms with Crippen LogP contribution < -0.4 is 4.74 Å². The highest BCUT2D eigenvalue weighted by atomic mass is 16.9. The molecule has 3 aliphatic heterocycles. The standard InChI is InChI=1S/C21H28O8/c1-13-17-18(19(23-3)20(24-4)27-13)29-21(28-17)10-9-16(12-26-21)25-11-14-5-7-15(22-2)8-6-14/h5-10,13,16-20H,11-12H2,1-4H3/t13-,16+,17-,18+,19-,20+,21+/m1/s1. The van der Waals surface area contributed by atoms with Gasteiger partial charge in [-0.15, -0.1) is 0 Å². The lowest BCUT2D eigenvalue weighted by atomic mass is 10.00. The molecule has 4 rings (SSSR count). The number of fused-ring (bicyclic) bond motifs is 1. The minimum absolute atomic E-state index is 0.198. The normalized spacial score (nSPS) is 38.9. The molecule has 3 heterocycles. The van der Waals surface area contributed by atoms with E-state index in [0.717, 1.165) is 11.3 Å². The van der Waals surface area contributed by atoms with E-state index in [4.69, 9.17) is 37.9 Å². The van der Waals surface area contributed by atoms with Crippen molar-refractivity contribution in [2.24, 2.45) is 0 Å². The van der Waals surface area contributed by atoms with Crippen molar-refractivity contribution in [3.8, 4) is 5.75 Å². The predicted octanol–water partition coefficient (Wildman–Crippen LogP) is 2.01. The summed E-state index contributed by atoms with van der Waals surface area (Å²) in [7, 11) is 4.82. The molecule has 0 aromatic heterocycles. The molecule has 2 saturated heterocycles. The molecule has 160 valence electrons. The first-order valence-corrected chi connectivity index (χ1v) is 9.72. The van der Waals surface area contributed by atoms with Gasteiger partial charge in [0.05, 0.1) is 32.5 Å². The lowest BCUT2D eigenvalue weighted by Crippen LogP contribution is -2.56. The second-order valence-corrected chi connectivity index (χ2v) is 7.28. The van der Waals surface area contributed by atoms with Crippen LogP contribution in [0.2, 0.25) is 0 Å². The van der Waals surface area contributed by atoms with Crippen LogP contribution in [0.1, 0.15) is 12.5 Å². The quantitative estimate of drug-likeness (QED) is 0.662. The minimum atomic E-state index is -1.26. The molecule has 8 heteroatoms. The summed E-state index contributed by atoms with van der Waals surface area (Å²) in [5.74, 6) is -0.441. The van der Waals surface area contributed by atoms with E-state index in [2.05, 4.69) is 0 Å². The summed E-state index contributed by atoms with van der Waals surface area (Å²) in [6.45, 7) is 2.70. The molecule has 8 nitrogen and oxygen atoms in total. The molecule has 2 fully saturated rings. The topological polar surface area (TPSA) is 73.8 Å². The van der Waals surface area contributed by atoms with Crippen LogP contribution in [0.5, 0.6) is 5.75 Å². The Balaban J connectivity index is 1.37. The highest BCUT2D eigenvalue weighted by Gasteiger charge is 2.58. The zero-order valence-electron chi connectivity index (χ0n) is 17.1. The van der Waals surface area contributed by atoms with Crippen molar-refractivity contribution in [3.63, 3.8) is 0 Å². The molecule has 1 aromatic carbocycles. The molecule has 3 aliphatic rings. The van der Waals surface area contributed by atoms with Gasteiger partial charge in [0, 0.05) is 20.3 Å². The zero-order valence-corrected chi connectivity index (χ0v) is 17.1. The van der Waals surface area contributed by atoms with Gasteiger partial charge in [0.1, 0.15) is 24.1 Å². The first kappa shape index (κ1) is 20.7. The number of hydrogen-bond donors (Lipinski definition) is 0. The monoisotopic (exact) mass is 408 g/mol. The van der Waals surface area contributed by atoms with E-state index in [9.17, 15) is 0 Å². The Bertz CT molecular complexity index is 707. The number of hydrogen-bond acceptors (Lipinski definition) is 8. The minimum Gasteiger partial charge on any atom is -0.497 e. The average Bonchev–Trinajstić information content (AvgIpc) is 3.13. The van der Waals surface area contributed by atoms with Gasteiger partial charge in [0.15, 0.2) is 6.29 Å². The molecular weight excluding hydrogens is 380 g/mol. The molecule has 1 spiro atoms. The molecule has 0 saturated carbocycles. The van der Waals surface area contributed by atoms with Gasteiger partial charge in [0.25, 0.3) is 0 Å². The van der Waals surface area contributed by atoms with E-state index < -0.39 is 18.4 Å². The van der Waals surface area contributed by atoms with Gasteiger partial charge in [-0.2, -0.15) is 0 Å². The molecule has 7 atom stereocenters. The van der Waals surface area contributed by atoms with Gasteiger partial charge in [0.2, 0.25) is 0 Å². The van der Waals surface area contributed by atoms with Crippen molar-refractivity contribution in [1.29, 1.82) is 0 Å². The van der Waals surface area contributed by atoms with Crippen LogP contribution in [0.4, 0.5) is 0 Å². The van der Waals surface area contributed by atoms with Crippen molar-refractivity contribution in [1.82, 2.24) is 0 Å². The summed E-state index contributed by atoms with van der Waals surface area (Å²) in [6, 6.07) is 7.76. The summed E-state index contributed by atoms with van der Waals surface area (Å²) in [5, 5.41) is 0. The summed E-state index contributed by atoms with van der Waals surface area (Å²) < 4.78 is 46.1.